The summed E-state index contributed by atoms with van der Waals surface area (Å²) < 4.78 is 0. The van der Waals surface area contributed by atoms with Crippen molar-refractivity contribution in [2.45, 2.75) is 40.0 Å². The average Bonchev–Trinajstić information content (AvgIpc) is 2.47. The quantitative estimate of drug-likeness (QED) is 0.542. The van der Waals surface area contributed by atoms with Crippen LogP contribution in [0.5, 0.6) is 0 Å². The molecule has 1 amide bonds. The predicted octanol–water partition coefficient (Wildman–Crippen LogP) is 2.80. The first-order valence-electron chi connectivity index (χ1n) is 7.62. The van der Waals surface area contributed by atoms with Crippen LogP contribution in [0.15, 0.2) is 18.2 Å². The van der Waals surface area contributed by atoms with Gasteiger partial charge in [0.25, 0.3) is 0 Å². The van der Waals surface area contributed by atoms with Crippen molar-refractivity contribution < 1.29 is 9.59 Å². The highest BCUT2D eigenvalue weighted by atomic mass is 35.5. The first-order chi connectivity index (χ1) is 10.0. The molecule has 0 aromatic heterocycles. The molecule has 1 aromatic carbocycles. The number of hydrogen-bond acceptors (Lipinski definition) is 3. The lowest BCUT2D eigenvalue weighted by Crippen LogP contribution is -2.32. The number of aryl methyl sites for hydroxylation is 2. The topological polar surface area (TPSA) is 58.2 Å². The number of ketones is 1. The number of Topliss-reactive ketones (excluding diaryl/α,β-unsaturated/α-hetero) is 1. The van der Waals surface area contributed by atoms with Gasteiger partial charge in [-0.3, -0.25) is 9.59 Å². The number of amides is 1. The number of nitrogens with one attached hydrogen (secondary N) is 2. The molecule has 0 spiro atoms. The fourth-order valence-electron chi connectivity index (χ4n) is 2.08. The maximum atomic E-state index is 12.1. The Labute approximate surface area is 139 Å². The zero-order valence-corrected chi connectivity index (χ0v) is 14.5. The molecule has 1 aromatic rings. The first kappa shape index (κ1) is 20.6. The zero-order chi connectivity index (χ0) is 15.7. The molecule has 0 saturated heterocycles. The van der Waals surface area contributed by atoms with Gasteiger partial charge in [-0.25, -0.2) is 0 Å². The second kappa shape index (κ2) is 11.2. The summed E-state index contributed by atoms with van der Waals surface area (Å²) >= 11 is 0. The van der Waals surface area contributed by atoms with E-state index in [4.69, 9.17) is 0 Å². The third-order valence-corrected chi connectivity index (χ3v) is 3.32. The van der Waals surface area contributed by atoms with Gasteiger partial charge in [-0.2, -0.15) is 0 Å². The van der Waals surface area contributed by atoms with Gasteiger partial charge in [0.15, 0.2) is 5.78 Å². The van der Waals surface area contributed by atoms with Gasteiger partial charge in [0.1, 0.15) is 0 Å². The molecule has 124 valence electrons. The Kier molecular flexibility index (Phi) is 10.5. The lowest BCUT2D eigenvalue weighted by atomic mass is 9.99. The highest BCUT2D eigenvalue weighted by molar-refractivity contribution is 5.99. The van der Waals surface area contributed by atoms with Gasteiger partial charge >= 0.3 is 0 Å². The van der Waals surface area contributed by atoms with Crippen LogP contribution < -0.4 is 10.6 Å². The zero-order valence-electron chi connectivity index (χ0n) is 13.7. The van der Waals surface area contributed by atoms with Crippen LogP contribution in [-0.2, 0) is 4.79 Å². The lowest BCUT2D eigenvalue weighted by Gasteiger charge is -2.08. The number of benzene rings is 1. The summed E-state index contributed by atoms with van der Waals surface area (Å²) in [5, 5.41) is 6.03. The van der Waals surface area contributed by atoms with Gasteiger partial charge in [-0.1, -0.05) is 24.6 Å². The van der Waals surface area contributed by atoms with Crippen LogP contribution in [0, 0.1) is 13.8 Å². The van der Waals surface area contributed by atoms with E-state index in [9.17, 15) is 9.59 Å². The standard InChI is InChI=1S/C17H26N2O2.ClH/c1-4-9-18-10-11-19-17(21)8-7-16(20)15-12-13(2)5-6-14(15)3;/h5-6,12,18H,4,7-11H2,1-3H3,(H,19,21);1H. The molecule has 0 bridgehead atoms. The SMILES string of the molecule is CCCNCCNC(=O)CCC(=O)c1cc(C)ccc1C.Cl. The van der Waals surface area contributed by atoms with Crippen LogP contribution in [0.3, 0.4) is 0 Å². The molecule has 0 aliphatic heterocycles. The van der Waals surface area contributed by atoms with Gasteiger partial charge in [-0.05, 0) is 38.4 Å². The fourth-order valence-corrected chi connectivity index (χ4v) is 2.08. The van der Waals surface area contributed by atoms with Crippen LogP contribution in [0.1, 0.15) is 47.7 Å². The Hall–Kier alpha value is -1.39. The average molecular weight is 327 g/mol. The van der Waals surface area contributed by atoms with E-state index < -0.39 is 0 Å². The third kappa shape index (κ3) is 7.57. The van der Waals surface area contributed by atoms with Crippen molar-refractivity contribution in [2.24, 2.45) is 0 Å². The van der Waals surface area contributed by atoms with Crippen molar-refractivity contribution in [1.82, 2.24) is 10.6 Å². The van der Waals surface area contributed by atoms with Crippen LogP contribution in [0.2, 0.25) is 0 Å². The molecule has 0 aliphatic rings. The Morgan fingerprint density at radius 2 is 1.77 bits per heavy atom. The van der Waals surface area contributed by atoms with Crippen molar-refractivity contribution in [3.8, 4) is 0 Å². The minimum Gasteiger partial charge on any atom is -0.355 e. The predicted molar refractivity (Wildman–Crippen MR) is 92.9 cm³/mol. The van der Waals surface area contributed by atoms with Crippen LogP contribution in [-0.4, -0.2) is 31.3 Å². The van der Waals surface area contributed by atoms with E-state index in [1.165, 1.54) is 0 Å². The van der Waals surface area contributed by atoms with E-state index in [0.29, 0.717) is 6.54 Å². The maximum Gasteiger partial charge on any atom is 0.220 e. The minimum absolute atomic E-state index is 0. The molecule has 0 radical (unpaired) electrons. The van der Waals surface area contributed by atoms with Crippen LogP contribution in [0.25, 0.3) is 0 Å². The van der Waals surface area contributed by atoms with Gasteiger partial charge in [-0.15, -0.1) is 12.4 Å². The molecule has 0 atom stereocenters. The molecule has 0 aliphatic carbocycles. The second-order valence-electron chi connectivity index (χ2n) is 5.34. The summed E-state index contributed by atoms with van der Waals surface area (Å²) in [6.45, 7) is 8.32. The smallest absolute Gasteiger partial charge is 0.220 e. The van der Waals surface area contributed by atoms with Gasteiger partial charge < -0.3 is 10.6 Å². The fraction of sp³-hybridized carbons (Fsp3) is 0.529. The van der Waals surface area contributed by atoms with Crippen molar-refractivity contribution in [2.75, 3.05) is 19.6 Å². The second-order valence-corrected chi connectivity index (χ2v) is 5.34. The third-order valence-electron chi connectivity index (χ3n) is 3.32. The monoisotopic (exact) mass is 326 g/mol. The van der Waals surface area contributed by atoms with Crippen molar-refractivity contribution in [3.05, 3.63) is 34.9 Å². The van der Waals surface area contributed by atoms with Crippen molar-refractivity contribution >= 4 is 24.1 Å². The molecule has 0 unspecified atom stereocenters. The van der Waals surface area contributed by atoms with E-state index >= 15 is 0 Å². The number of hydrogen-bond donors (Lipinski definition) is 2. The summed E-state index contributed by atoms with van der Waals surface area (Å²) in [6.07, 6.45) is 1.59. The molecule has 1 rings (SSSR count). The normalized spacial score (nSPS) is 9.95. The summed E-state index contributed by atoms with van der Waals surface area (Å²) in [5.74, 6) is -0.0255. The van der Waals surface area contributed by atoms with E-state index in [2.05, 4.69) is 17.6 Å². The number of halogens is 1. The van der Waals surface area contributed by atoms with Gasteiger partial charge in [0.2, 0.25) is 5.91 Å². The van der Waals surface area contributed by atoms with Crippen LogP contribution in [0.4, 0.5) is 0 Å². The Morgan fingerprint density at radius 3 is 2.45 bits per heavy atom. The Bertz CT molecular complexity index is 490. The van der Waals surface area contributed by atoms with E-state index in [1.54, 1.807) is 0 Å². The Balaban J connectivity index is 0.00000441. The van der Waals surface area contributed by atoms with Gasteiger partial charge in [0.05, 0.1) is 0 Å². The summed E-state index contributed by atoms with van der Waals surface area (Å²) in [5.41, 5.74) is 2.76. The molecule has 0 heterocycles. The number of carbonyl (C=O) groups is 2. The number of carbonyl (C=O) groups excluding carboxylic acids is 2. The van der Waals surface area contributed by atoms with Crippen molar-refractivity contribution in [1.29, 1.82) is 0 Å². The summed E-state index contributed by atoms with van der Waals surface area (Å²) in [7, 11) is 0. The van der Waals surface area contributed by atoms with E-state index in [0.717, 1.165) is 36.2 Å². The molecule has 2 N–H and O–H groups in total. The molecule has 0 saturated carbocycles. The van der Waals surface area contributed by atoms with E-state index in [-0.39, 0.29) is 36.9 Å². The molecule has 5 heteroatoms. The van der Waals surface area contributed by atoms with Crippen LogP contribution >= 0.6 is 12.4 Å². The minimum atomic E-state index is -0.0630. The Morgan fingerprint density at radius 1 is 1.05 bits per heavy atom. The molecule has 0 fully saturated rings. The largest absolute Gasteiger partial charge is 0.355 e. The van der Waals surface area contributed by atoms with Crippen molar-refractivity contribution in [3.63, 3.8) is 0 Å². The highest BCUT2D eigenvalue weighted by Gasteiger charge is 2.11. The summed E-state index contributed by atoms with van der Waals surface area (Å²) in [4.78, 5) is 23.8. The molecule has 4 nitrogen and oxygen atoms in total. The molecular weight excluding hydrogens is 300 g/mol. The van der Waals surface area contributed by atoms with Gasteiger partial charge in [0, 0.05) is 31.5 Å². The first-order valence-corrected chi connectivity index (χ1v) is 7.62. The maximum absolute atomic E-state index is 12.1. The lowest BCUT2D eigenvalue weighted by molar-refractivity contribution is -0.121. The van der Waals surface area contributed by atoms with E-state index in [1.807, 2.05) is 32.0 Å². The molecular formula is C17H27ClN2O2. The summed E-state index contributed by atoms with van der Waals surface area (Å²) in [6, 6.07) is 5.83. The number of rotatable bonds is 9. The highest BCUT2D eigenvalue weighted by Crippen LogP contribution is 2.13. The molecule has 22 heavy (non-hydrogen) atoms.